The highest BCUT2D eigenvalue weighted by molar-refractivity contribution is 5.96. The van der Waals surface area contributed by atoms with E-state index in [-0.39, 0.29) is 24.1 Å². The van der Waals surface area contributed by atoms with Gasteiger partial charge in [-0.3, -0.25) is 19.4 Å². The first-order valence-electron chi connectivity index (χ1n) is 8.36. The first kappa shape index (κ1) is 17.6. The fourth-order valence-corrected chi connectivity index (χ4v) is 3.10. The molecular weight excluding hydrogens is 340 g/mol. The van der Waals surface area contributed by atoms with E-state index < -0.39 is 23.2 Å². The topological polar surface area (TPSA) is 144 Å². The predicted octanol–water partition coefficient (Wildman–Crippen LogP) is -0.862. The van der Waals surface area contributed by atoms with Crippen molar-refractivity contribution in [1.82, 2.24) is 30.2 Å². The van der Waals surface area contributed by atoms with Crippen molar-refractivity contribution in [1.29, 1.82) is 0 Å². The molecule has 138 valence electrons. The van der Waals surface area contributed by atoms with Crippen LogP contribution in [0.15, 0.2) is 28.2 Å². The fourth-order valence-electron chi connectivity index (χ4n) is 3.10. The summed E-state index contributed by atoms with van der Waals surface area (Å²) in [6, 6.07) is 0.222. The second kappa shape index (κ2) is 7.38. The number of hydrogen-bond acceptors (Lipinski definition) is 5. The third-order valence-corrected chi connectivity index (χ3v) is 4.41. The van der Waals surface area contributed by atoms with Gasteiger partial charge in [-0.05, 0) is 19.8 Å². The molecule has 10 nitrogen and oxygen atoms in total. The van der Waals surface area contributed by atoms with E-state index in [1.165, 1.54) is 6.33 Å². The number of rotatable bonds is 5. The quantitative estimate of drug-likeness (QED) is 0.548. The first-order valence-corrected chi connectivity index (χ1v) is 8.36. The zero-order chi connectivity index (χ0) is 18.7. The third kappa shape index (κ3) is 3.90. The van der Waals surface area contributed by atoms with Crippen LogP contribution in [0.4, 0.5) is 0 Å². The van der Waals surface area contributed by atoms with Gasteiger partial charge in [0.05, 0.1) is 12.0 Å². The molecule has 1 aliphatic heterocycles. The van der Waals surface area contributed by atoms with Crippen LogP contribution in [0.5, 0.6) is 0 Å². The summed E-state index contributed by atoms with van der Waals surface area (Å²) in [5.41, 5.74) is -1.06. The Hall–Kier alpha value is -3.17. The lowest BCUT2D eigenvalue weighted by Gasteiger charge is -2.27. The number of likely N-dealkylation sites (tertiary alicyclic amines) is 1. The summed E-state index contributed by atoms with van der Waals surface area (Å²) in [6.45, 7) is 2.60. The second-order valence-electron chi connectivity index (χ2n) is 6.31. The highest BCUT2D eigenvalue weighted by Gasteiger charge is 2.32. The van der Waals surface area contributed by atoms with Crippen LogP contribution in [0.1, 0.15) is 35.9 Å². The monoisotopic (exact) mass is 360 g/mol. The molecule has 2 aromatic heterocycles. The van der Waals surface area contributed by atoms with Crippen LogP contribution < -0.4 is 16.6 Å². The van der Waals surface area contributed by atoms with Crippen molar-refractivity contribution in [3.63, 3.8) is 0 Å². The lowest BCUT2D eigenvalue weighted by molar-refractivity contribution is -0.133. The number of amides is 2. The molecule has 1 fully saturated rings. The van der Waals surface area contributed by atoms with Crippen molar-refractivity contribution < 1.29 is 9.59 Å². The van der Waals surface area contributed by atoms with Gasteiger partial charge in [0.1, 0.15) is 11.7 Å². The third-order valence-electron chi connectivity index (χ3n) is 4.41. The van der Waals surface area contributed by atoms with Crippen LogP contribution in [0.3, 0.4) is 0 Å². The average Bonchev–Trinajstić information content (AvgIpc) is 3.24. The second-order valence-corrected chi connectivity index (χ2v) is 6.31. The van der Waals surface area contributed by atoms with Gasteiger partial charge in [0.15, 0.2) is 0 Å². The van der Waals surface area contributed by atoms with Gasteiger partial charge in [0.25, 0.3) is 11.5 Å². The van der Waals surface area contributed by atoms with E-state index in [2.05, 4.69) is 20.3 Å². The highest BCUT2D eigenvalue weighted by atomic mass is 16.2. The smallest absolute Gasteiger partial charge is 0.326 e. The van der Waals surface area contributed by atoms with Gasteiger partial charge in [-0.2, -0.15) is 0 Å². The van der Waals surface area contributed by atoms with Gasteiger partial charge in [0.2, 0.25) is 5.91 Å². The summed E-state index contributed by atoms with van der Waals surface area (Å²) >= 11 is 0. The molecule has 26 heavy (non-hydrogen) atoms. The van der Waals surface area contributed by atoms with E-state index in [4.69, 9.17) is 0 Å². The van der Waals surface area contributed by atoms with Crippen molar-refractivity contribution in [3.8, 4) is 0 Å². The number of H-pyrrole nitrogens is 3. The Morgan fingerprint density at radius 3 is 2.81 bits per heavy atom. The SMILES string of the molecule is CC1CCCN1C(=O)C(Cc1c[nH]cn1)NC(=O)c1cc(=O)[nH]c(=O)[nH]1. The standard InChI is InChI=1S/C16H20N6O4/c1-9-3-2-4-22(9)15(25)12(5-10-7-17-8-18-10)19-14(24)11-6-13(23)21-16(26)20-11/h6-9,12H,2-5H2,1H3,(H,17,18)(H,19,24)(H2,20,21,23,26). The van der Waals surface area contributed by atoms with E-state index in [0.29, 0.717) is 12.2 Å². The number of carbonyl (C=O) groups excluding carboxylic acids is 2. The minimum Gasteiger partial charge on any atom is -0.351 e. The summed E-state index contributed by atoms with van der Waals surface area (Å²) in [7, 11) is 0. The molecule has 0 spiro atoms. The first-order chi connectivity index (χ1) is 12.4. The van der Waals surface area contributed by atoms with Crippen molar-refractivity contribution in [3.05, 3.63) is 50.8 Å². The van der Waals surface area contributed by atoms with Crippen LogP contribution in [-0.4, -0.2) is 55.3 Å². The summed E-state index contributed by atoms with van der Waals surface area (Å²) in [4.78, 5) is 61.0. The van der Waals surface area contributed by atoms with Crippen LogP contribution in [-0.2, 0) is 11.2 Å². The molecule has 2 aromatic rings. The summed E-state index contributed by atoms with van der Waals surface area (Å²) in [6.07, 6.45) is 5.17. The number of hydrogen-bond donors (Lipinski definition) is 4. The lowest BCUT2D eigenvalue weighted by Crippen LogP contribution is -2.51. The Labute approximate surface area is 148 Å². The Kier molecular flexibility index (Phi) is 5.01. The molecule has 0 aromatic carbocycles. The number of nitrogens with one attached hydrogen (secondary N) is 4. The minimum atomic E-state index is -0.853. The Balaban J connectivity index is 1.82. The predicted molar refractivity (Wildman–Crippen MR) is 91.6 cm³/mol. The van der Waals surface area contributed by atoms with Crippen molar-refractivity contribution in [2.45, 2.75) is 38.3 Å². The average molecular weight is 360 g/mol. The molecule has 1 aliphatic rings. The van der Waals surface area contributed by atoms with E-state index in [1.54, 1.807) is 11.1 Å². The molecule has 0 bridgehead atoms. The van der Waals surface area contributed by atoms with E-state index >= 15 is 0 Å². The Bertz CT molecular complexity index is 872. The number of imidazole rings is 1. The molecule has 4 N–H and O–H groups in total. The zero-order valence-electron chi connectivity index (χ0n) is 14.2. The molecule has 0 radical (unpaired) electrons. The lowest BCUT2D eigenvalue weighted by atomic mass is 10.1. The summed E-state index contributed by atoms with van der Waals surface area (Å²) in [5, 5.41) is 2.62. The van der Waals surface area contributed by atoms with Crippen molar-refractivity contribution >= 4 is 11.8 Å². The molecule has 0 saturated carbocycles. The molecule has 0 aliphatic carbocycles. The highest BCUT2D eigenvalue weighted by Crippen LogP contribution is 2.18. The van der Waals surface area contributed by atoms with E-state index in [1.807, 2.05) is 11.9 Å². The molecule has 3 rings (SSSR count). The van der Waals surface area contributed by atoms with Gasteiger partial charge in [-0.15, -0.1) is 0 Å². The van der Waals surface area contributed by atoms with Gasteiger partial charge >= 0.3 is 5.69 Å². The maximum atomic E-state index is 12.9. The number of carbonyl (C=O) groups is 2. The Morgan fingerprint density at radius 2 is 2.19 bits per heavy atom. The molecule has 1 saturated heterocycles. The van der Waals surface area contributed by atoms with Gasteiger partial charge in [-0.1, -0.05) is 0 Å². The summed E-state index contributed by atoms with van der Waals surface area (Å²) in [5.74, 6) is -0.910. The number of nitrogens with zero attached hydrogens (tertiary/aromatic N) is 2. The molecule has 2 amide bonds. The van der Waals surface area contributed by atoms with Gasteiger partial charge in [-0.25, -0.2) is 9.78 Å². The van der Waals surface area contributed by atoms with Crippen molar-refractivity contribution in [2.24, 2.45) is 0 Å². The molecule has 3 heterocycles. The van der Waals surface area contributed by atoms with Crippen LogP contribution in [0.2, 0.25) is 0 Å². The molecule has 2 atom stereocenters. The van der Waals surface area contributed by atoms with Gasteiger partial charge in [0, 0.05) is 31.3 Å². The maximum Gasteiger partial charge on any atom is 0.326 e. The van der Waals surface area contributed by atoms with E-state index in [9.17, 15) is 19.2 Å². The molecule has 2 unspecified atom stereocenters. The maximum absolute atomic E-state index is 12.9. The van der Waals surface area contributed by atoms with Crippen LogP contribution in [0.25, 0.3) is 0 Å². The van der Waals surface area contributed by atoms with Crippen LogP contribution >= 0.6 is 0 Å². The molecular formula is C16H20N6O4. The van der Waals surface area contributed by atoms with Crippen LogP contribution in [0, 0.1) is 0 Å². The Morgan fingerprint density at radius 1 is 1.38 bits per heavy atom. The fraction of sp³-hybridized carbons (Fsp3) is 0.438. The van der Waals surface area contributed by atoms with Crippen molar-refractivity contribution in [2.75, 3.05) is 6.54 Å². The van der Waals surface area contributed by atoms with E-state index in [0.717, 1.165) is 18.9 Å². The molecule has 10 heteroatoms. The zero-order valence-corrected chi connectivity index (χ0v) is 14.2. The largest absolute Gasteiger partial charge is 0.351 e. The summed E-state index contributed by atoms with van der Waals surface area (Å²) < 4.78 is 0. The normalized spacial score (nSPS) is 17.9. The van der Waals surface area contributed by atoms with Gasteiger partial charge < -0.3 is 20.2 Å². The number of aromatic nitrogens is 4. The minimum absolute atomic E-state index is 0.0977. The number of aromatic amines is 3.